The van der Waals surface area contributed by atoms with Crippen LogP contribution in [0, 0.1) is 5.92 Å². The van der Waals surface area contributed by atoms with Crippen molar-refractivity contribution < 1.29 is 0 Å². The molecule has 3 saturated heterocycles. The van der Waals surface area contributed by atoms with Crippen LogP contribution in [0.2, 0.25) is 0 Å². The largest absolute Gasteiger partial charge is 0.315 e. The Morgan fingerprint density at radius 2 is 1.47 bits per heavy atom. The van der Waals surface area contributed by atoms with Crippen molar-refractivity contribution in [1.82, 2.24) is 15.1 Å². The molecule has 0 aromatic carbocycles. The Bertz CT molecular complexity index is 267. The number of piperidine rings is 3. The number of rotatable bonds is 2. The topological polar surface area (TPSA) is 18.5 Å². The van der Waals surface area contributed by atoms with Crippen LogP contribution in [-0.4, -0.2) is 61.2 Å². The third kappa shape index (κ3) is 3.50. The molecule has 3 nitrogen and oxygen atoms in total. The van der Waals surface area contributed by atoms with Crippen molar-refractivity contribution in [3.63, 3.8) is 0 Å². The molecule has 1 N–H and O–H groups in total. The smallest absolute Gasteiger partial charge is 0.0223 e. The molecule has 2 atom stereocenters. The van der Waals surface area contributed by atoms with Gasteiger partial charge in [0.2, 0.25) is 0 Å². The molecule has 3 aliphatic rings. The zero-order valence-electron chi connectivity index (χ0n) is 12.6. The lowest BCUT2D eigenvalue weighted by atomic mass is 9.93. The van der Waals surface area contributed by atoms with E-state index in [4.69, 9.17) is 0 Å². The van der Waals surface area contributed by atoms with Crippen LogP contribution in [0.1, 0.15) is 45.4 Å². The van der Waals surface area contributed by atoms with E-state index in [1.807, 2.05) is 0 Å². The van der Waals surface area contributed by atoms with Crippen LogP contribution >= 0.6 is 0 Å². The molecule has 0 spiro atoms. The highest BCUT2D eigenvalue weighted by Crippen LogP contribution is 2.24. The molecule has 3 fully saturated rings. The summed E-state index contributed by atoms with van der Waals surface area (Å²) in [5.41, 5.74) is 0. The summed E-state index contributed by atoms with van der Waals surface area (Å²) >= 11 is 0. The Hall–Kier alpha value is -0.120. The molecule has 2 unspecified atom stereocenters. The molecule has 0 bridgehead atoms. The zero-order chi connectivity index (χ0) is 13.1. The standard InChI is InChI=1S/C16H31N3/c1-14-11-16(13-17-12-14)19-9-5-15(6-10-19)18-7-3-2-4-8-18/h14-17H,2-13H2,1H3. The highest BCUT2D eigenvalue weighted by atomic mass is 15.2. The molecule has 3 rings (SSSR count). The van der Waals surface area contributed by atoms with Crippen molar-refractivity contribution in [3.05, 3.63) is 0 Å². The second-order valence-electron chi connectivity index (χ2n) is 7.02. The lowest BCUT2D eigenvalue weighted by Crippen LogP contribution is -2.54. The highest BCUT2D eigenvalue weighted by Gasteiger charge is 2.30. The van der Waals surface area contributed by atoms with E-state index in [-0.39, 0.29) is 0 Å². The summed E-state index contributed by atoms with van der Waals surface area (Å²) in [5.74, 6) is 0.860. The van der Waals surface area contributed by atoms with Gasteiger partial charge in [0, 0.05) is 18.6 Å². The third-order valence-corrected chi connectivity index (χ3v) is 5.47. The van der Waals surface area contributed by atoms with E-state index in [1.54, 1.807) is 0 Å². The summed E-state index contributed by atoms with van der Waals surface area (Å²) in [6, 6.07) is 1.71. The van der Waals surface area contributed by atoms with Gasteiger partial charge in [0.15, 0.2) is 0 Å². The molecule has 3 heterocycles. The Labute approximate surface area is 118 Å². The van der Waals surface area contributed by atoms with Crippen LogP contribution < -0.4 is 5.32 Å². The second-order valence-corrected chi connectivity index (χ2v) is 7.02. The molecule has 3 aliphatic heterocycles. The molecule has 0 radical (unpaired) electrons. The van der Waals surface area contributed by atoms with Crippen LogP contribution in [0.25, 0.3) is 0 Å². The first-order chi connectivity index (χ1) is 9.33. The van der Waals surface area contributed by atoms with E-state index in [2.05, 4.69) is 22.0 Å². The number of hydrogen-bond acceptors (Lipinski definition) is 3. The Morgan fingerprint density at radius 3 is 2.16 bits per heavy atom. The normalized spacial score (nSPS) is 36.5. The van der Waals surface area contributed by atoms with Gasteiger partial charge in [0.25, 0.3) is 0 Å². The summed E-state index contributed by atoms with van der Waals surface area (Å²) in [6.07, 6.45) is 8.55. The van der Waals surface area contributed by atoms with Crippen molar-refractivity contribution in [2.75, 3.05) is 39.3 Å². The van der Waals surface area contributed by atoms with E-state index >= 15 is 0 Å². The first-order valence-electron chi connectivity index (χ1n) is 8.52. The fourth-order valence-electron chi connectivity index (χ4n) is 4.31. The van der Waals surface area contributed by atoms with Crippen LogP contribution in [-0.2, 0) is 0 Å². The number of nitrogens with one attached hydrogen (secondary N) is 1. The van der Waals surface area contributed by atoms with Gasteiger partial charge < -0.3 is 10.2 Å². The molecule has 110 valence electrons. The molecule has 0 aliphatic carbocycles. The van der Waals surface area contributed by atoms with Crippen LogP contribution in [0.15, 0.2) is 0 Å². The Kier molecular flexibility index (Phi) is 4.78. The fraction of sp³-hybridized carbons (Fsp3) is 1.00. The summed E-state index contributed by atoms with van der Waals surface area (Å²) in [5, 5.41) is 3.60. The molecule has 0 saturated carbocycles. The first kappa shape index (κ1) is 13.8. The lowest BCUT2D eigenvalue weighted by Gasteiger charge is -2.44. The van der Waals surface area contributed by atoms with Gasteiger partial charge in [0.05, 0.1) is 0 Å². The average Bonchev–Trinajstić information content (AvgIpc) is 2.48. The first-order valence-corrected chi connectivity index (χ1v) is 8.52. The van der Waals surface area contributed by atoms with Gasteiger partial charge in [-0.2, -0.15) is 0 Å². The maximum absolute atomic E-state index is 3.60. The van der Waals surface area contributed by atoms with Crippen LogP contribution in [0.3, 0.4) is 0 Å². The van der Waals surface area contributed by atoms with Crippen molar-refractivity contribution in [3.8, 4) is 0 Å². The molecule has 0 aromatic heterocycles. The van der Waals surface area contributed by atoms with E-state index in [0.717, 1.165) is 18.0 Å². The van der Waals surface area contributed by atoms with Crippen molar-refractivity contribution >= 4 is 0 Å². The predicted octanol–water partition coefficient (Wildman–Crippen LogP) is 1.93. The SMILES string of the molecule is CC1CNCC(N2CCC(N3CCCCC3)CC2)C1. The van der Waals surface area contributed by atoms with Gasteiger partial charge in [0.1, 0.15) is 0 Å². The Morgan fingerprint density at radius 1 is 0.789 bits per heavy atom. The average molecular weight is 265 g/mol. The minimum absolute atomic E-state index is 0.811. The number of hydrogen-bond donors (Lipinski definition) is 1. The molecular weight excluding hydrogens is 234 g/mol. The number of likely N-dealkylation sites (tertiary alicyclic amines) is 2. The van der Waals surface area contributed by atoms with Gasteiger partial charge in [-0.3, -0.25) is 4.90 Å². The van der Waals surface area contributed by atoms with Gasteiger partial charge in [-0.1, -0.05) is 13.3 Å². The summed E-state index contributed by atoms with van der Waals surface area (Å²) in [6.45, 7) is 10.2. The molecule has 3 heteroatoms. The quantitative estimate of drug-likeness (QED) is 0.823. The maximum atomic E-state index is 3.60. The highest BCUT2D eigenvalue weighted by molar-refractivity contribution is 4.87. The van der Waals surface area contributed by atoms with Crippen LogP contribution in [0.5, 0.6) is 0 Å². The molecular formula is C16H31N3. The van der Waals surface area contributed by atoms with Crippen molar-refractivity contribution in [2.24, 2.45) is 5.92 Å². The summed E-state index contributed by atoms with van der Waals surface area (Å²) < 4.78 is 0. The summed E-state index contributed by atoms with van der Waals surface area (Å²) in [4.78, 5) is 5.55. The monoisotopic (exact) mass is 265 g/mol. The van der Waals surface area contributed by atoms with Crippen molar-refractivity contribution in [2.45, 2.75) is 57.5 Å². The second kappa shape index (κ2) is 6.55. The van der Waals surface area contributed by atoms with E-state index in [9.17, 15) is 0 Å². The summed E-state index contributed by atoms with van der Waals surface area (Å²) in [7, 11) is 0. The zero-order valence-corrected chi connectivity index (χ0v) is 12.6. The minimum Gasteiger partial charge on any atom is -0.315 e. The molecule has 0 aromatic rings. The Balaban J connectivity index is 1.46. The van der Waals surface area contributed by atoms with E-state index in [1.165, 1.54) is 77.8 Å². The van der Waals surface area contributed by atoms with Gasteiger partial charge in [-0.05, 0) is 70.7 Å². The van der Waals surface area contributed by atoms with E-state index < -0.39 is 0 Å². The third-order valence-electron chi connectivity index (χ3n) is 5.47. The fourth-order valence-corrected chi connectivity index (χ4v) is 4.31. The maximum Gasteiger partial charge on any atom is 0.0223 e. The van der Waals surface area contributed by atoms with Crippen LogP contribution in [0.4, 0.5) is 0 Å². The van der Waals surface area contributed by atoms with Gasteiger partial charge in [-0.25, -0.2) is 0 Å². The van der Waals surface area contributed by atoms with E-state index in [0.29, 0.717) is 0 Å². The van der Waals surface area contributed by atoms with Crippen molar-refractivity contribution in [1.29, 1.82) is 0 Å². The lowest BCUT2D eigenvalue weighted by molar-refractivity contribution is 0.0594. The predicted molar refractivity (Wildman–Crippen MR) is 80.5 cm³/mol. The molecule has 0 amide bonds. The van der Waals surface area contributed by atoms with Gasteiger partial charge in [-0.15, -0.1) is 0 Å². The molecule has 19 heavy (non-hydrogen) atoms. The number of nitrogens with zero attached hydrogens (tertiary/aromatic N) is 2. The van der Waals surface area contributed by atoms with Gasteiger partial charge >= 0.3 is 0 Å². The minimum atomic E-state index is 0.811.